The van der Waals surface area contributed by atoms with Crippen molar-refractivity contribution in [2.45, 2.75) is 13.0 Å². The van der Waals surface area contributed by atoms with Crippen LogP contribution < -0.4 is 15.4 Å². The van der Waals surface area contributed by atoms with Crippen LogP contribution >= 0.6 is 0 Å². The highest BCUT2D eigenvalue weighted by Gasteiger charge is 2.08. The standard InChI is InChI=1S/C21H22N4O2/c1-27-20-8-3-2-6-16(20)9-12-23-17-10-13-24-19(14-17)21(26)25-15-18-7-4-5-11-22-18/h2-8,10-11,13-14H,9,12,15H2,1H3,(H,23,24)(H,25,26). The molecule has 3 rings (SSSR count). The van der Waals surface area contributed by atoms with E-state index in [1.54, 1.807) is 25.6 Å². The van der Waals surface area contributed by atoms with Gasteiger partial charge in [0.25, 0.3) is 5.91 Å². The number of rotatable bonds is 8. The third-order valence-corrected chi connectivity index (χ3v) is 4.06. The van der Waals surface area contributed by atoms with E-state index >= 15 is 0 Å². The van der Waals surface area contributed by atoms with Gasteiger partial charge >= 0.3 is 0 Å². The van der Waals surface area contributed by atoms with Crippen LogP contribution in [0.25, 0.3) is 0 Å². The summed E-state index contributed by atoms with van der Waals surface area (Å²) in [5, 5.41) is 6.16. The van der Waals surface area contributed by atoms with Crippen molar-refractivity contribution in [1.82, 2.24) is 15.3 Å². The number of nitrogens with zero attached hydrogens (tertiary/aromatic N) is 2. The highest BCUT2D eigenvalue weighted by Crippen LogP contribution is 2.18. The zero-order chi connectivity index (χ0) is 18.9. The molecule has 0 atom stereocenters. The molecule has 0 saturated heterocycles. The largest absolute Gasteiger partial charge is 0.496 e. The van der Waals surface area contributed by atoms with Gasteiger partial charge in [-0.3, -0.25) is 14.8 Å². The molecule has 0 radical (unpaired) electrons. The van der Waals surface area contributed by atoms with Crippen molar-refractivity contribution in [2.24, 2.45) is 0 Å². The molecule has 2 heterocycles. The number of anilines is 1. The molecule has 138 valence electrons. The van der Waals surface area contributed by atoms with Crippen molar-refractivity contribution in [2.75, 3.05) is 19.0 Å². The number of pyridine rings is 2. The maximum absolute atomic E-state index is 12.3. The van der Waals surface area contributed by atoms with E-state index in [0.717, 1.165) is 35.7 Å². The number of para-hydroxylation sites is 1. The fourth-order valence-electron chi connectivity index (χ4n) is 2.68. The molecule has 6 nitrogen and oxygen atoms in total. The maximum Gasteiger partial charge on any atom is 0.270 e. The lowest BCUT2D eigenvalue weighted by molar-refractivity contribution is 0.0945. The molecule has 0 saturated carbocycles. The Morgan fingerprint density at radius 3 is 2.70 bits per heavy atom. The van der Waals surface area contributed by atoms with Gasteiger partial charge in [0.1, 0.15) is 11.4 Å². The Balaban J connectivity index is 1.54. The van der Waals surface area contributed by atoms with E-state index in [4.69, 9.17) is 4.74 Å². The van der Waals surface area contributed by atoms with Gasteiger partial charge in [0.05, 0.1) is 19.3 Å². The third-order valence-electron chi connectivity index (χ3n) is 4.06. The predicted octanol–water partition coefficient (Wildman–Crippen LogP) is 3.07. The summed E-state index contributed by atoms with van der Waals surface area (Å²) in [7, 11) is 1.67. The summed E-state index contributed by atoms with van der Waals surface area (Å²) in [6, 6.07) is 17.1. The van der Waals surface area contributed by atoms with E-state index in [2.05, 4.69) is 20.6 Å². The van der Waals surface area contributed by atoms with Crippen LogP contribution in [0, 0.1) is 0 Å². The first kappa shape index (κ1) is 18.4. The highest BCUT2D eigenvalue weighted by atomic mass is 16.5. The fraction of sp³-hybridized carbons (Fsp3) is 0.190. The van der Waals surface area contributed by atoms with Crippen molar-refractivity contribution < 1.29 is 9.53 Å². The maximum atomic E-state index is 12.3. The normalized spacial score (nSPS) is 10.3. The summed E-state index contributed by atoms with van der Waals surface area (Å²) in [4.78, 5) is 20.6. The molecule has 0 aliphatic carbocycles. The minimum Gasteiger partial charge on any atom is -0.496 e. The lowest BCUT2D eigenvalue weighted by atomic mass is 10.1. The van der Waals surface area contributed by atoms with E-state index in [1.165, 1.54) is 0 Å². The zero-order valence-electron chi connectivity index (χ0n) is 15.2. The number of hydrogen-bond acceptors (Lipinski definition) is 5. The van der Waals surface area contributed by atoms with Gasteiger partial charge in [-0.05, 0) is 42.3 Å². The van der Waals surface area contributed by atoms with Crippen LogP contribution in [0.15, 0.2) is 67.0 Å². The van der Waals surface area contributed by atoms with Gasteiger partial charge in [0.15, 0.2) is 0 Å². The minimum absolute atomic E-state index is 0.228. The van der Waals surface area contributed by atoms with Gasteiger partial charge < -0.3 is 15.4 Å². The zero-order valence-corrected chi connectivity index (χ0v) is 15.2. The molecule has 0 unspecified atom stereocenters. The molecular formula is C21H22N4O2. The Labute approximate surface area is 158 Å². The second kappa shape index (κ2) is 9.33. The van der Waals surface area contributed by atoms with Crippen molar-refractivity contribution >= 4 is 11.6 Å². The number of carbonyl (C=O) groups excluding carboxylic acids is 1. The average molecular weight is 362 g/mol. The van der Waals surface area contributed by atoms with Crippen LogP contribution in [-0.2, 0) is 13.0 Å². The summed E-state index contributed by atoms with van der Waals surface area (Å²) in [6.45, 7) is 1.09. The number of hydrogen-bond donors (Lipinski definition) is 2. The molecule has 0 aliphatic rings. The van der Waals surface area contributed by atoms with Gasteiger partial charge in [0, 0.05) is 24.6 Å². The Morgan fingerprint density at radius 2 is 1.89 bits per heavy atom. The van der Waals surface area contributed by atoms with Crippen molar-refractivity contribution in [3.63, 3.8) is 0 Å². The number of benzene rings is 1. The molecule has 6 heteroatoms. The van der Waals surface area contributed by atoms with Crippen LogP contribution in [0.1, 0.15) is 21.7 Å². The summed E-state index contributed by atoms with van der Waals surface area (Å²) >= 11 is 0. The quantitative estimate of drug-likeness (QED) is 0.644. The summed E-state index contributed by atoms with van der Waals surface area (Å²) in [5.74, 6) is 0.651. The third kappa shape index (κ3) is 5.28. The van der Waals surface area contributed by atoms with Crippen molar-refractivity contribution in [3.05, 3.63) is 83.9 Å². The molecule has 0 spiro atoms. The molecule has 27 heavy (non-hydrogen) atoms. The van der Waals surface area contributed by atoms with E-state index in [-0.39, 0.29) is 5.91 Å². The van der Waals surface area contributed by atoms with Crippen LogP contribution in [0.4, 0.5) is 5.69 Å². The number of aromatic nitrogens is 2. The van der Waals surface area contributed by atoms with Crippen LogP contribution in [0.5, 0.6) is 5.75 Å². The topological polar surface area (TPSA) is 76.1 Å². The number of nitrogens with one attached hydrogen (secondary N) is 2. The first-order valence-corrected chi connectivity index (χ1v) is 8.76. The van der Waals surface area contributed by atoms with Gasteiger partial charge in [-0.1, -0.05) is 24.3 Å². The van der Waals surface area contributed by atoms with Crippen LogP contribution in [0.2, 0.25) is 0 Å². The Morgan fingerprint density at radius 1 is 1.04 bits per heavy atom. The molecular weight excluding hydrogens is 340 g/mol. The Kier molecular flexibility index (Phi) is 6.35. The first-order chi connectivity index (χ1) is 13.3. The van der Waals surface area contributed by atoms with E-state index in [1.807, 2.05) is 48.5 Å². The van der Waals surface area contributed by atoms with Crippen LogP contribution in [0.3, 0.4) is 0 Å². The van der Waals surface area contributed by atoms with Gasteiger partial charge in [-0.25, -0.2) is 0 Å². The number of ether oxygens (including phenoxy) is 1. The molecule has 2 aromatic heterocycles. The molecule has 2 N–H and O–H groups in total. The van der Waals surface area contributed by atoms with E-state index in [0.29, 0.717) is 12.2 Å². The lowest BCUT2D eigenvalue weighted by Gasteiger charge is -2.10. The highest BCUT2D eigenvalue weighted by molar-refractivity contribution is 5.93. The predicted molar refractivity (Wildman–Crippen MR) is 105 cm³/mol. The van der Waals surface area contributed by atoms with Crippen molar-refractivity contribution in [3.8, 4) is 5.75 Å². The molecule has 3 aromatic rings. The smallest absolute Gasteiger partial charge is 0.270 e. The molecule has 0 bridgehead atoms. The molecule has 1 aromatic carbocycles. The summed E-state index contributed by atoms with van der Waals surface area (Å²) in [5.41, 5.74) is 3.16. The van der Waals surface area contributed by atoms with Crippen molar-refractivity contribution in [1.29, 1.82) is 0 Å². The number of amides is 1. The minimum atomic E-state index is -0.228. The number of carbonyl (C=O) groups is 1. The van der Waals surface area contributed by atoms with Gasteiger partial charge in [-0.2, -0.15) is 0 Å². The fourth-order valence-corrected chi connectivity index (χ4v) is 2.68. The van der Waals surface area contributed by atoms with Crippen LogP contribution in [-0.4, -0.2) is 29.5 Å². The average Bonchev–Trinajstić information content (AvgIpc) is 2.73. The molecule has 1 amide bonds. The Hall–Kier alpha value is -3.41. The van der Waals surface area contributed by atoms with Gasteiger partial charge in [0.2, 0.25) is 0 Å². The second-order valence-corrected chi connectivity index (χ2v) is 5.92. The van der Waals surface area contributed by atoms with Gasteiger partial charge in [-0.15, -0.1) is 0 Å². The molecule has 0 fully saturated rings. The SMILES string of the molecule is COc1ccccc1CCNc1ccnc(C(=O)NCc2ccccn2)c1. The number of methoxy groups -OCH3 is 1. The lowest BCUT2D eigenvalue weighted by Crippen LogP contribution is -2.24. The summed E-state index contributed by atoms with van der Waals surface area (Å²) < 4.78 is 5.37. The molecule has 0 aliphatic heterocycles. The summed E-state index contributed by atoms with van der Waals surface area (Å²) in [6.07, 6.45) is 4.14. The Bertz CT molecular complexity index is 884. The monoisotopic (exact) mass is 362 g/mol. The second-order valence-electron chi connectivity index (χ2n) is 5.92. The van der Waals surface area contributed by atoms with E-state index < -0.39 is 0 Å². The first-order valence-electron chi connectivity index (χ1n) is 8.76. The van der Waals surface area contributed by atoms with E-state index in [9.17, 15) is 4.79 Å².